The molecule has 0 aromatic carbocycles. The maximum absolute atomic E-state index is 11.1. The van der Waals surface area contributed by atoms with Gasteiger partial charge in [0.2, 0.25) is 5.91 Å². The Morgan fingerprint density at radius 2 is 2.30 bits per heavy atom. The van der Waals surface area contributed by atoms with E-state index in [-0.39, 0.29) is 5.91 Å². The second-order valence-electron chi connectivity index (χ2n) is 2.80. The van der Waals surface area contributed by atoms with E-state index in [0.717, 1.165) is 0 Å². The molecule has 0 bridgehead atoms. The largest absolute Gasteiger partial charge is 0.272 e. The zero-order chi connectivity index (χ0) is 7.61. The van der Waals surface area contributed by atoms with E-state index < -0.39 is 5.41 Å². The quantitative estimate of drug-likeness (QED) is 0.525. The summed E-state index contributed by atoms with van der Waals surface area (Å²) in [6.45, 7) is 3.68. The summed E-state index contributed by atoms with van der Waals surface area (Å²) in [7, 11) is 0. The summed E-state index contributed by atoms with van der Waals surface area (Å²) in [5.41, 5.74) is 1.97. The Balaban J connectivity index is 2.87. The Morgan fingerprint density at radius 3 is 3.00 bits per heavy atom. The molecule has 0 fully saturated rings. The van der Waals surface area contributed by atoms with E-state index in [0.29, 0.717) is 0 Å². The SMILES string of the molecule is CC1(C)C=CC=NNC1=O. The molecule has 1 amide bonds. The molecule has 0 atom stereocenters. The van der Waals surface area contributed by atoms with Gasteiger partial charge in [-0.05, 0) is 19.9 Å². The van der Waals surface area contributed by atoms with Gasteiger partial charge in [0.05, 0.1) is 5.41 Å². The van der Waals surface area contributed by atoms with Crippen LogP contribution in [0.1, 0.15) is 13.8 Å². The van der Waals surface area contributed by atoms with E-state index in [1.807, 2.05) is 19.9 Å². The standard InChI is InChI=1S/C7H10N2O/c1-7(2)4-3-5-8-9-6(7)10/h3-5H,1-2H3,(H,9,10). The van der Waals surface area contributed by atoms with Gasteiger partial charge in [-0.25, -0.2) is 5.43 Å². The molecule has 1 aliphatic rings. The number of carbonyl (C=O) groups is 1. The molecule has 1 heterocycles. The number of rotatable bonds is 0. The molecule has 0 aromatic heterocycles. The predicted octanol–water partition coefficient (Wildman–Crippen LogP) is 0.684. The molecule has 0 saturated heterocycles. The monoisotopic (exact) mass is 138 g/mol. The number of allylic oxidation sites excluding steroid dienone is 1. The summed E-state index contributed by atoms with van der Waals surface area (Å²) in [6, 6.07) is 0. The van der Waals surface area contributed by atoms with Crippen LogP contribution < -0.4 is 5.43 Å². The molecule has 0 spiro atoms. The minimum atomic E-state index is -0.434. The van der Waals surface area contributed by atoms with E-state index in [9.17, 15) is 4.79 Å². The van der Waals surface area contributed by atoms with Gasteiger partial charge in [0.25, 0.3) is 0 Å². The predicted molar refractivity (Wildman–Crippen MR) is 39.6 cm³/mol. The Kier molecular flexibility index (Phi) is 1.57. The number of carbonyl (C=O) groups excluding carboxylic acids is 1. The molecule has 1 rings (SSSR count). The molecule has 3 heteroatoms. The third-order valence-electron chi connectivity index (χ3n) is 1.42. The van der Waals surface area contributed by atoms with Crippen LogP contribution >= 0.6 is 0 Å². The van der Waals surface area contributed by atoms with Crippen molar-refractivity contribution in [2.45, 2.75) is 13.8 Å². The molecule has 10 heavy (non-hydrogen) atoms. The lowest BCUT2D eigenvalue weighted by molar-refractivity contribution is -0.127. The van der Waals surface area contributed by atoms with E-state index in [2.05, 4.69) is 10.5 Å². The second kappa shape index (κ2) is 2.25. The molecule has 0 aromatic rings. The summed E-state index contributed by atoms with van der Waals surface area (Å²) >= 11 is 0. The molecule has 54 valence electrons. The van der Waals surface area contributed by atoms with E-state index in [4.69, 9.17) is 0 Å². The lowest BCUT2D eigenvalue weighted by Crippen LogP contribution is -2.31. The van der Waals surface area contributed by atoms with Crippen LogP contribution in [0, 0.1) is 5.41 Å². The third-order valence-corrected chi connectivity index (χ3v) is 1.42. The number of hydrazone groups is 1. The van der Waals surface area contributed by atoms with E-state index in [1.54, 1.807) is 12.3 Å². The van der Waals surface area contributed by atoms with Crippen LogP contribution in [0.3, 0.4) is 0 Å². The lowest BCUT2D eigenvalue weighted by Gasteiger charge is -2.14. The molecule has 3 nitrogen and oxygen atoms in total. The summed E-state index contributed by atoms with van der Waals surface area (Å²) in [6.07, 6.45) is 5.14. The Bertz CT molecular complexity index is 204. The Hall–Kier alpha value is -1.12. The number of nitrogens with zero attached hydrogens (tertiary/aromatic N) is 1. The first kappa shape index (κ1) is 6.99. The van der Waals surface area contributed by atoms with Gasteiger partial charge in [-0.2, -0.15) is 5.10 Å². The first-order chi connectivity index (χ1) is 4.63. The van der Waals surface area contributed by atoms with Gasteiger partial charge in [-0.1, -0.05) is 6.08 Å². The smallest absolute Gasteiger partial charge is 0.249 e. The highest BCUT2D eigenvalue weighted by molar-refractivity contribution is 5.87. The number of nitrogens with one attached hydrogen (secondary N) is 1. The van der Waals surface area contributed by atoms with Crippen molar-refractivity contribution in [3.63, 3.8) is 0 Å². The van der Waals surface area contributed by atoms with Crippen LogP contribution in [0.4, 0.5) is 0 Å². The lowest BCUT2D eigenvalue weighted by atomic mass is 9.92. The third kappa shape index (κ3) is 1.23. The highest BCUT2D eigenvalue weighted by atomic mass is 16.2. The van der Waals surface area contributed by atoms with Crippen LogP contribution in [0.5, 0.6) is 0 Å². The molecular weight excluding hydrogens is 128 g/mol. The summed E-state index contributed by atoms with van der Waals surface area (Å²) in [4.78, 5) is 11.1. The summed E-state index contributed by atoms with van der Waals surface area (Å²) in [5.74, 6) is -0.0718. The first-order valence-corrected chi connectivity index (χ1v) is 3.14. The second-order valence-corrected chi connectivity index (χ2v) is 2.80. The van der Waals surface area contributed by atoms with Gasteiger partial charge < -0.3 is 0 Å². The molecule has 1 N–H and O–H groups in total. The average molecular weight is 138 g/mol. The Labute approximate surface area is 59.8 Å². The van der Waals surface area contributed by atoms with E-state index in [1.165, 1.54) is 0 Å². The van der Waals surface area contributed by atoms with Gasteiger partial charge in [0.15, 0.2) is 0 Å². The normalized spacial score (nSPS) is 22.0. The molecular formula is C7H10N2O. The maximum atomic E-state index is 11.1. The van der Waals surface area contributed by atoms with Crippen LogP contribution in [-0.2, 0) is 4.79 Å². The van der Waals surface area contributed by atoms with Crippen molar-refractivity contribution in [2.75, 3.05) is 0 Å². The van der Waals surface area contributed by atoms with Crippen LogP contribution in [-0.4, -0.2) is 12.1 Å². The topological polar surface area (TPSA) is 41.5 Å². The molecule has 0 saturated carbocycles. The first-order valence-electron chi connectivity index (χ1n) is 3.14. The van der Waals surface area contributed by atoms with Gasteiger partial charge in [0, 0.05) is 6.21 Å². The van der Waals surface area contributed by atoms with Crippen LogP contribution in [0.2, 0.25) is 0 Å². The minimum Gasteiger partial charge on any atom is -0.272 e. The zero-order valence-corrected chi connectivity index (χ0v) is 6.09. The number of hydrogen-bond donors (Lipinski definition) is 1. The van der Waals surface area contributed by atoms with Crippen molar-refractivity contribution in [1.29, 1.82) is 0 Å². The maximum Gasteiger partial charge on any atom is 0.249 e. The Morgan fingerprint density at radius 1 is 1.60 bits per heavy atom. The highest BCUT2D eigenvalue weighted by Gasteiger charge is 2.24. The fourth-order valence-corrected chi connectivity index (χ4v) is 0.642. The molecule has 0 aliphatic carbocycles. The fraction of sp³-hybridized carbons (Fsp3) is 0.429. The van der Waals surface area contributed by atoms with Gasteiger partial charge >= 0.3 is 0 Å². The summed E-state index contributed by atoms with van der Waals surface area (Å²) in [5, 5.41) is 3.64. The number of amides is 1. The zero-order valence-electron chi connectivity index (χ0n) is 6.09. The molecule has 0 radical (unpaired) electrons. The van der Waals surface area contributed by atoms with Crippen molar-refractivity contribution in [1.82, 2.24) is 5.43 Å². The van der Waals surface area contributed by atoms with Crippen molar-refractivity contribution >= 4 is 12.1 Å². The van der Waals surface area contributed by atoms with Gasteiger partial charge in [-0.15, -0.1) is 0 Å². The van der Waals surface area contributed by atoms with Gasteiger partial charge in [0.1, 0.15) is 0 Å². The van der Waals surface area contributed by atoms with Gasteiger partial charge in [-0.3, -0.25) is 4.79 Å². The van der Waals surface area contributed by atoms with Crippen molar-refractivity contribution in [3.05, 3.63) is 12.2 Å². The highest BCUT2D eigenvalue weighted by Crippen LogP contribution is 2.17. The van der Waals surface area contributed by atoms with Crippen molar-refractivity contribution < 1.29 is 4.79 Å². The van der Waals surface area contributed by atoms with Crippen molar-refractivity contribution in [2.24, 2.45) is 10.5 Å². The van der Waals surface area contributed by atoms with Crippen LogP contribution in [0.25, 0.3) is 0 Å². The average Bonchev–Trinajstić information content (AvgIpc) is 1.96. The molecule has 1 aliphatic heterocycles. The summed E-state index contributed by atoms with van der Waals surface area (Å²) < 4.78 is 0. The number of hydrogen-bond acceptors (Lipinski definition) is 2. The van der Waals surface area contributed by atoms with E-state index >= 15 is 0 Å². The fourth-order valence-electron chi connectivity index (χ4n) is 0.642. The molecule has 0 unspecified atom stereocenters. The van der Waals surface area contributed by atoms with Crippen molar-refractivity contribution in [3.8, 4) is 0 Å². The minimum absolute atomic E-state index is 0.0718. The van der Waals surface area contributed by atoms with Crippen LogP contribution in [0.15, 0.2) is 17.3 Å².